The van der Waals surface area contributed by atoms with Crippen LogP contribution < -0.4 is 9.80 Å². The van der Waals surface area contributed by atoms with Gasteiger partial charge in [0.2, 0.25) is 0 Å². The van der Waals surface area contributed by atoms with Crippen LogP contribution in [0.3, 0.4) is 0 Å². The molecule has 1 saturated heterocycles. The van der Waals surface area contributed by atoms with Crippen LogP contribution in [0.5, 0.6) is 0 Å². The Bertz CT molecular complexity index is 1320. The zero-order chi connectivity index (χ0) is 22.9. The molecule has 9 heteroatoms. The van der Waals surface area contributed by atoms with Crippen molar-refractivity contribution in [3.63, 3.8) is 0 Å². The summed E-state index contributed by atoms with van der Waals surface area (Å²) >= 11 is 6.02. The first-order chi connectivity index (χ1) is 16.0. The van der Waals surface area contributed by atoms with Crippen LogP contribution in [0, 0.1) is 5.82 Å². The van der Waals surface area contributed by atoms with Gasteiger partial charge in [-0.1, -0.05) is 23.7 Å². The number of fused-ring (bicyclic) bond motifs is 1. The average Bonchev–Trinajstić information content (AvgIpc) is 3.23. The number of halogens is 2. The first-order valence-corrected chi connectivity index (χ1v) is 11.0. The van der Waals surface area contributed by atoms with E-state index < -0.39 is 11.8 Å². The number of rotatable bonds is 5. The molecule has 1 aliphatic heterocycles. The van der Waals surface area contributed by atoms with Crippen LogP contribution in [0.4, 0.5) is 15.9 Å². The van der Waals surface area contributed by atoms with Gasteiger partial charge in [0.25, 0.3) is 0 Å². The number of carboxylic acids is 1. The van der Waals surface area contributed by atoms with Crippen molar-refractivity contribution < 1.29 is 14.3 Å². The van der Waals surface area contributed by atoms with E-state index in [0.717, 1.165) is 16.8 Å². The lowest BCUT2D eigenvalue weighted by Crippen LogP contribution is -2.47. The predicted molar refractivity (Wildman–Crippen MR) is 127 cm³/mol. The zero-order valence-corrected chi connectivity index (χ0v) is 18.4. The highest BCUT2D eigenvalue weighted by atomic mass is 35.5. The maximum absolute atomic E-state index is 15.0. The van der Waals surface area contributed by atoms with Gasteiger partial charge in [-0.25, -0.2) is 14.4 Å². The molecular formula is C24H21ClFN5O2. The van der Waals surface area contributed by atoms with Crippen LogP contribution in [0.25, 0.3) is 22.4 Å². The molecule has 0 bridgehead atoms. The van der Waals surface area contributed by atoms with E-state index in [-0.39, 0.29) is 6.42 Å². The van der Waals surface area contributed by atoms with Gasteiger partial charge in [0.1, 0.15) is 5.82 Å². The summed E-state index contributed by atoms with van der Waals surface area (Å²) in [5, 5.41) is 9.50. The van der Waals surface area contributed by atoms with Crippen molar-refractivity contribution >= 4 is 40.1 Å². The molecule has 33 heavy (non-hydrogen) atoms. The van der Waals surface area contributed by atoms with Crippen molar-refractivity contribution in [1.29, 1.82) is 0 Å². The SMILES string of the molecule is O=C(O)Cc1ccc(N2CCN(c3ncc(-c4nc5cc(Cl)ccc5[nH]4)cc3F)CC2)cc1. The number of piperazine rings is 1. The molecule has 0 radical (unpaired) electrons. The molecule has 0 saturated carbocycles. The third-order valence-corrected chi connectivity index (χ3v) is 6.01. The molecule has 1 fully saturated rings. The second-order valence-corrected chi connectivity index (χ2v) is 8.42. The smallest absolute Gasteiger partial charge is 0.307 e. The summed E-state index contributed by atoms with van der Waals surface area (Å²) in [4.78, 5) is 27.0. The number of aromatic amines is 1. The molecule has 2 aromatic carbocycles. The summed E-state index contributed by atoms with van der Waals surface area (Å²) in [5.41, 5.74) is 3.91. The molecule has 0 spiro atoms. The van der Waals surface area contributed by atoms with Gasteiger partial charge in [-0.05, 0) is 42.0 Å². The van der Waals surface area contributed by atoms with Crippen molar-refractivity contribution in [2.75, 3.05) is 36.0 Å². The number of nitrogens with zero attached hydrogens (tertiary/aromatic N) is 4. The van der Waals surface area contributed by atoms with E-state index in [2.05, 4.69) is 19.9 Å². The fraction of sp³-hybridized carbons (Fsp3) is 0.208. The lowest BCUT2D eigenvalue weighted by Gasteiger charge is -2.36. The summed E-state index contributed by atoms with van der Waals surface area (Å²) in [6, 6.07) is 14.4. The number of aromatic nitrogens is 3. The van der Waals surface area contributed by atoms with E-state index in [1.807, 2.05) is 35.2 Å². The standard InChI is InChI=1S/C24H21ClFN5O2/c25-17-3-6-20-21(13-17)29-23(28-20)16-12-19(26)24(27-14-16)31-9-7-30(8-10-31)18-4-1-15(2-5-18)11-22(32)33/h1-6,12-14H,7-11H2,(H,28,29)(H,32,33). The fourth-order valence-corrected chi connectivity index (χ4v) is 4.25. The largest absolute Gasteiger partial charge is 0.481 e. The first-order valence-electron chi connectivity index (χ1n) is 10.6. The number of aliphatic carboxylic acids is 1. The van der Waals surface area contributed by atoms with Gasteiger partial charge < -0.3 is 19.9 Å². The summed E-state index contributed by atoms with van der Waals surface area (Å²) in [6.45, 7) is 2.68. The second kappa shape index (κ2) is 8.71. The van der Waals surface area contributed by atoms with Gasteiger partial charge in [0.05, 0.1) is 17.5 Å². The third-order valence-electron chi connectivity index (χ3n) is 5.78. The Morgan fingerprint density at radius 2 is 1.79 bits per heavy atom. The number of pyridine rings is 1. The van der Waals surface area contributed by atoms with Crippen LogP contribution >= 0.6 is 11.6 Å². The minimum absolute atomic E-state index is 0.0107. The third kappa shape index (κ3) is 4.47. The van der Waals surface area contributed by atoms with Crippen LogP contribution in [-0.4, -0.2) is 52.2 Å². The number of imidazole rings is 1. The minimum Gasteiger partial charge on any atom is -0.481 e. The molecule has 0 aliphatic carbocycles. The van der Waals surface area contributed by atoms with Crippen LogP contribution in [0.15, 0.2) is 54.7 Å². The summed E-state index contributed by atoms with van der Waals surface area (Å²) < 4.78 is 15.0. The minimum atomic E-state index is -0.846. The van der Waals surface area contributed by atoms with E-state index in [9.17, 15) is 9.18 Å². The van der Waals surface area contributed by atoms with Gasteiger partial charge in [-0.2, -0.15) is 0 Å². The maximum atomic E-state index is 15.0. The lowest BCUT2D eigenvalue weighted by molar-refractivity contribution is -0.136. The number of hydrogen-bond acceptors (Lipinski definition) is 5. The van der Waals surface area contributed by atoms with Gasteiger partial charge in [0.15, 0.2) is 11.6 Å². The summed E-state index contributed by atoms with van der Waals surface area (Å²) in [5.74, 6) is -0.366. The van der Waals surface area contributed by atoms with Crippen molar-refractivity contribution in [3.05, 3.63) is 71.1 Å². The van der Waals surface area contributed by atoms with Crippen molar-refractivity contribution in [3.8, 4) is 11.4 Å². The van der Waals surface area contributed by atoms with Crippen molar-refractivity contribution in [2.45, 2.75) is 6.42 Å². The zero-order valence-electron chi connectivity index (χ0n) is 17.6. The molecule has 2 N–H and O–H groups in total. The monoisotopic (exact) mass is 465 g/mol. The Balaban J connectivity index is 1.27. The van der Waals surface area contributed by atoms with Crippen LogP contribution in [0.2, 0.25) is 5.02 Å². The molecule has 168 valence electrons. The molecule has 0 unspecified atom stereocenters. The normalized spacial score (nSPS) is 14.1. The van der Waals surface area contributed by atoms with Gasteiger partial charge in [-0.3, -0.25) is 4.79 Å². The van der Waals surface area contributed by atoms with Crippen LogP contribution in [-0.2, 0) is 11.2 Å². The van der Waals surface area contributed by atoms with E-state index in [4.69, 9.17) is 16.7 Å². The number of nitrogens with one attached hydrogen (secondary N) is 1. The van der Waals surface area contributed by atoms with Gasteiger partial charge in [0, 0.05) is 48.6 Å². The molecule has 7 nitrogen and oxygen atoms in total. The Kier molecular flexibility index (Phi) is 5.60. The molecule has 0 atom stereocenters. The van der Waals surface area contributed by atoms with Crippen LogP contribution in [0.1, 0.15) is 5.56 Å². The Morgan fingerprint density at radius 1 is 1.06 bits per heavy atom. The predicted octanol–water partition coefficient (Wildman–Crippen LogP) is 4.37. The topological polar surface area (TPSA) is 85.3 Å². The highest BCUT2D eigenvalue weighted by Gasteiger charge is 2.22. The van der Waals surface area contributed by atoms with E-state index in [0.29, 0.717) is 53.9 Å². The molecule has 1 aliphatic rings. The van der Waals surface area contributed by atoms with Gasteiger partial charge >= 0.3 is 5.97 Å². The Hall–Kier alpha value is -3.65. The first kappa shape index (κ1) is 21.2. The van der Waals surface area contributed by atoms with Gasteiger partial charge in [-0.15, -0.1) is 0 Å². The molecule has 0 amide bonds. The number of anilines is 2. The fourth-order valence-electron chi connectivity index (χ4n) is 4.08. The number of hydrogen-bond donors (Lipinski definition) is 2. The lowest BCUT2D eigenvalue weighted by atomic mass is 10.1. The quantitative estimate of drug-likeness (QED) is 0.455. The number of carbonyl (C=O) groups is 1. The Labute approximate surface area is 194 Å². The van der Waals surface area contributed by atoms with E-state index in [1.54, 1.807) is 18.3 Å². The number of carboxylic acid groups (broad SMARTS) is 1. The average molecular weight is 466 g/mol. The van der Waals surface area contributed by atoms with Crippen molar-refractivity contribution in [2.24, 2.45) is 0 Å². The highest BCUT2D eigenvalue weighted by molar-refractivity contribution is 6.31. The molecule has 3 heterocycles. The Morgan fingerprint density at radius 3 is 2.48 bits per heavy atom. The maximum Gasteiger partial charge on any atom is 0.307 e. The number of H-pyrrole nitrogens is 1. The molecule has 2 aromatic heterocycles. The van der Waals surface area contributed by atoms with E-state index >= 15 is 0 Å². The molecule has 4 aromatic rings. The molecular weight excluding hydrogens is 445 g/mol. The second-order valence-electron chi connectivity index (χ2n) is 7.99. The highest BCUT2D eigenvalue weighted by Crippen LogP contribution is 2.27. The summed E-state index contributed by atoms with van der Waals surface area (Å²) in [6.07, 6.45) is 1.64. The number of benzene rings is 2. The molecule has 5 rings (SSSR count). The van der Waals surface area contributed by atoms with E-state index in [1.165, 1.54) is 6.07 Å². The van der Waals surface area contributed by atoms with Crippen molar-refractivity contribution in [1.82, 2.24) is 15.0 Å². The summed E-state index contributed by atoms with van der Waals surface area (Å²) in [7, 11) is 0.